The summed E-state index contributed by atoms with van der Waals surface area (Å²) in [6.07, 6.45) is 2.31. The number of hydrogen-bond acceptors (Lipinski definition) is 3. The SMILES string of the molecule is Nc1ccccc1C(=O)N1CCN(C(=O)CCCc2ccccc2)CC1. The van der Waals surface area contributed by atoms with Crippen molar-refractivity contribution in [1.29, 1.82) is 0 Å². The molecule has 2 aromatic carbocycles. The predicted molar refractivity (Wildman–Crippen MR) is 103 cm³/mol. The number of nitrogens with two attached hydrogens (primary N) is 1. The van der Waals surface area contributed by atoms with E-state index in [1.54, 1.807) is 17.0 Å². The van der Waals surface area contributed by atoms with E-state index in [0.29, 0.717) is 43.9 Å². The summed E-state index contributed by atoms with van der Waals surface area (Å²) >= 11 is 0. The van der Waals surface area contributed by atoms with Crippen molar-refractivity contribution in [3.63, 3.8) is 0 Å². The van der Waals surface area contributed by atoms with Crippen LogP contribution in [0.3, 0.4) is 0 Å². The lowest BCUT2D eigenvalue weighted by atomic mass is 10.1. The molecule has 0 spiro atoms. The second-order valence-electron chi connectivity index (χ2n) is 6.60. The van der Waals surface area contributed by atoms with Gasteiger partial charge >= 0.3 is 0 Å². The van der Waals surface area contributed by atoms with E-state index < -0.39 is 0 Å². The number of carbonyl (C=O) groups is 2. The molecule has 0 aromatic heterocycles. The first kappa shape index (κ1) is 18.0. The third-order valence-corrected chi connectivity index (χ3v) is 4.81. The van der Waals surface area contributed by atoms with Crippen molar-refractivity contribution in [3.05, 3.63) is 65.7 Å². The Morgan fingerprint density at radius 1 is 0.846 bits per heavy atom. The van der Waals surface area contributed by atoms with Gasteiger partial charge in [-0.2, -0.15) is 0 Å². The van der Waals surface area contributed by atoms with E-state index >= 15 is 0 Å². The van der Waals surface area contributed by atoms with Gasteiger partial charge in [-0.15, -0.1) is 0 Å². The van der Waals surface area contributed by atoms with E-state index in [1.807, 2.05) is 35.2 Å². The minimum absolute atomic E-state index is 0.0562. The molecule has 1 heterocycles. The number of rotatable bonds is 5. The number of amides is 2. The Balaban J connectivity index is 1.45. The molecule has 0 unspecified atom stereocenters. The molecule has 5 nitrogen and oxygen atoms in total. The van der Waals surface area contributed by atoms with Gasteiger partial charge in [0.15, 0.2) is 0 Å². The molecule has 1 aliphatic heterocycles. The molecule has 0 atom stereocenters. The van der Waals surface area contributed by atoms with Crippen LogP contribution < -0.4 is 5.73 Å². The number of nitrogens with zero attached hydrogens (tertiary/aromatic N) is 2. The quantitative estimate of drug-likeness (QED) is 0.842. The van der Waals surface area contributed by atoms with Crippen LogP contribution in [0.1, 0.15) is 28.8 Å². The molecule has 0 aliphatic carbocycles. The highest BCUT2D eigenvalue weighted by Gasteiger charge is 2.25. The van der Waals surface area contributed by atoms with Gasteiger partial charge in [-0.25, -0.2) is 0 Å². The molecule has 3 rings (SSSR count). The summed E-state index contributed by atoms with van der Waals surface area (Å²) in [7, 11) is 0. The van der Waals surface area contributed by atoms with Crippen molar-refractivity contribution < 1.29 is 9.59 Å². The highest BCUT2D eigenvalue weighted by Crippen LogP contribution is 2.16. The average molecular weight is 351 g/mol. The zero-order valence-electron chi connectivity index (χ0n) is 14.9. The van der Waals surface area contributed by atoms with Crippen molar-refractivity contribution in [2.45, 2.75) is 19.3 Å². The Labute approximate surface area is 154 Å². The Bertz CT molecular complexity index is 753. The number of hydrogen-bond donors (Lipinski definition) is 1. The highest BCUT2D eigenvalue weighted by atomic mass is 16.2. The Hall–Kier alpha value is -2.82. The van der Waals surface area contributed by atoms with Crippen LogP contribution in [-0.2, 0) is 11.2 Å². The lowest BCUT2D eigenvalue weighted by Crippen LogP contribution is -2.50. The number of benzene rings is 2. The molecule has 0 bridgehead atoms. The van der Waals surface area contributed by atoms with Crippen LogP contribution in [-0.4, -0.2) is 47.8 Å². The molecule has 2 N–H and O–H groups in total. The maximum atomic E-state index is 12.6. The minimum Gasteiger partial charge on any atom is -0.398 e. The first-order valence-electron chi connectivity index (χ1n) is 9.10. The predicted octanol–water partition coefficient (Wildman–Crippen LogP) is 2.58. The van der Waals surface area contributed by atoms with E-state index in [0.717, 1.165) is 12.8 Å². The summed E-state index contributed by atoms with van der Waals surface area (Å²) in [6.45, 7) is 2.28. The van der Waals surface area contributed by atoms with Crippen molar-refractivity contribution in [2.75, 3.05) is 31.9 Å². The average Bonchev–Trinajstić information content (AvgIpc) is 2.69. The summed E-state index contributed by atoms with van der Waals surface area (Å²) in [5, 5.41) is 0. The standard InChI is InChI=1S/C21H25N3O2/c22-19-11-5-4-10-18(19)21(26)24-15-13-23(14-16-24)20(25)12-6-9-17-7-2-1-3-8-17/h1-5,7-8,10-11H,6,9,12-16,22H2. The molecule has 1 aliphatic rings. The maximum Gasteiger partial charge on any atom is 0.256 e. The molecule has 136 valence electrons. The van der Waals surface area contributed by atoms with Crippen LogP contribution in [0.25, 0.3) is 0 Å². The van der Waals surface area contributed by atoms with Crippen molar-refractivity contribution in [2.24, 2.45) is 0 Å². The number of carbonyl (C=O) groups excluding carboxylic acids is 2. The number of para-hydroxylation sites is 1. The summed E-state index contributed by atoms with van der Waals surface area (Å²) in [4.78, 5) is 28.6. The van der Waals surface area contributed by atoms with E-state index in [2.05, 4.69) is 12.1 Å². The lowest BCUT2D eigenvalue weighted by molar-refractivity contribution is -0.132. The molecule has 0 saturated carbocycles. The Kier molecular flexibility index (Phi) is 5.89. The molecule has 0 radical (unpaired) electrons. The molecular formula is C21H25N3O2. The fraction of sp³-hybridized carbons (Fsp3) is 0.333. The first-order chi connectivity index (χ1) is 12.6. The molecule has 2 amide bonds. The van der Waals surface area contributed by atoms with Gasteiger partial charge < -0.3 is 15.5 Å². The van der Waals surface area contributed by atoms with Gasteiger partial charge in [0.05, 0.1) is 5.56 Å². The van der Waals surface area contributed by atoms with E-state index in [-0.39, 0.29) is 11.8 Å². The minimum atomic E-state index is -0.0562. The van der Waals surface area contributed by atoms with Crippen molar-refractivity contribution >= 4 is 17.5 Å². The number of nitrogen functional groups attached to an aromatic ring is 1. The van der Waals surface area contributed by atoms with E-state index in [4.69, 9.17) is 5.73 Å². The van der Waals surface area contributed by atoms with Crippen LogP contribution in [0.2, 0.25) is 0 Å². The maximum absolute atomic E-state index is 12.6. The first-order valence-corrected chi connectivity index (χ1v) is 9.10. The third kappa shape index (κ3) is 4.42. The number of anilines is 1. The Morgan fingerprint density at radius 2 is 1.46 bits per heavy atom. The Morgan fingerprint density at radius 3 is 2.15 bits per heavy atom. The largest absolute Gasteiger partial charge is 0.398 e. The van der Waals surface area contributed by atoms with Gasteiger partial charge in [-0.05, 0) is 30.5 Å². The summed E-state index contributed by atoms with van der Waals surface area (Å²) < 4.78 is 0. The highest BCUT2D eigenvalue weighted by molar-refractivity contribution is 5.99. The molecule has 2 aromatic rings. The van der Waals surface area contributed by atoms with E-state index in [1.165, 1.54) is 5.56 Å². The van der Waals surface area contributed by atoms with Gasteiger partial charge in [0.1, 0.15) is 0 Å². The van der Waals surface area contributed by atoms with Crippen LogP contribution in [0.4, 0.5) is 5.69 Å². The van der Waals surface area contributed by atoms with Crippen molar-refractivity contribution in [3.8, 4) is 0 Å². The summed E-state index contributed by atoms with van der Waals surface area (Å²) in [5.74, 6) is 0.117. The smallest absolute Gasteiger partial charge is 0.256 e. The third-order valence-electron chi connectivity index (χ3n) is 4.81. The second kappa shape index (κ2) is 8.52. The molecule has 5 heteroatoms. The van der Waals surface area contributed by atoms with E-state index in [9.17, 15) is 9.59 Å². The topological polar surface area (TPSA) is 66.6 Å². The van der Waals surface area contributed by atoms with Gasteiger partial charge in [0.25, 0.3) is 5.91 Å². The normalized spacial score (nSPS) is 14.3. The number of piperazine rings is 1. The van der Waals surface area contributed by atoms with Crippen LogP contribution in [0.5, 0.6) is 0 Å². The number of aryl methyl sites for hydroxylation is 1. The van der Waals surface area contributed by atoms with Gasteiger partial charge in [-0.1, -0.05) is 42.5 Å². The van der Waals surface area contributed by atoms with Crippen molar-refractivity contribution in [1.82, 2.24) is 9.80 Å². The van der Waals surface area contributed by atoms with Crippen LogP contribution in [0, 0.1) is 0 Å². The lowest BCUT2D eigenvalue weighted by Gasteiger charge is -2.35. The fourth-order valence-corrected chi connectivity index (χ4v) is 3.27. The molecule has 1 saturated heterocycles. The van der Waals surface area contributed by atoms with Crippen LogP contribution >= 0.6 is 0 Å². The fourth-order valence-electron chi connectivity index (χ4n) is 3.27. The van der Waals surface area contributed by atoms with Crippen LogP contribution in [0.15, 0.2) is 54.6 Å². The molecular weight excluding hydrogens is 326 g/mol. The van der Waals surface area contributed by atoms with Gasteiger partial charge in [0, 0.05) is 38.3 Å². The zero-order valence-corrected chi connectivity index (χ0v) is 14.9. The van der Waals surface area contributed by atoms with Gasteiger partial charge in [-0.3, -0.25) is 9.59 Å². The summed E-state index contributed by atoms with van der Waals surface area (Å²) in [6, 6.07) is 17.3. The molecule has 26 heavy (non-hydrogen) atoms. The second-order valence-corrected chi connectivity index (χ2v) is 6.60. The zero-order chi connectivity index (χ0) is 18.4. The monoisotopic (exact) mass is 351 g/mol. The molecule has 1 fully saturated rings. The van der Waals surface area contributed by atoms with Gasteiger partial charge in [0.2, 0.25) is 5.91 Å². The summed E-state index contributed by atoms with van der Waals surface area (Å²) in [5.41, 5.74) is 8.19.